The molecule has 0 atom stereocenters. The molecule has 7 aromatic carbocycles. The van der Waals surface area contributed by atoms with Crippen LogP contribution in [-0.4, -0.2) is 4.57 Å². The fourth-order valence-corrected chi connectivity index (χ4v) is 7.30. The molecule has 2 heterocycles. The Bertz CT molecular complexity index is 2560. The van der Waals surface area contributed by atoms with E-state index < -0.39 is 0 Å². The molecule has 0 amide bonds. The van der Waals surface area contributed by atoms with Gasteiger partial charge in [0.1, 0.15) is 11.2 Å². The summed E-state index contributed by atoms with van der Waals surface area (Å²) in [5, 5.41) is 7.53. The van der Waals surface area contributed by atoms with Gasteiger partial charge >= 0.3 is 0 Å². The fraction of sp³-hybridized carbons (Fsp3) is 0. The molecule has 42 heavy (non-hydrogen) atoms. The van der Waals surface area contributed by atoms with Gasteiger partial charge in [-0.25, -0.2) is 0 Å². The number of hydrogen-bond acceptors (Lipinski definition) is 1. The van der Waals surface area contributed by atoms with Gasteiger partial charge in [-0.05, 0) is 81.2 Å². The minimum atomic E-state index is 0.923. The van der Waals surface area contributed by atoms with Crippen LogP contribution in [0, 0.1) is 0 Å². The highest BCUT2D eigenvalue weighted by atomic mass is 16.3. The Kier molecular flexibility index (Phi) is 4.21. The summed E-state index contributed by atoms with van der Waals surface area (Å²) in [7, 11) is 0. The lowest BCUT2D eigenvalue weighted by Gasteiger charge is -2.12. The first-order valence-corrected chi connectivity index (χ1v) is 14.4. The molecule has 1 aliphatic rings. The molecule has 0 bridgehead atoms. The molecule has 9 aromatic rings. The summed E-state index contributed by atoms with van der Waals surface area (Å²) < 4.78 is 8.52. The summed E-state index contributed by atoms with van der Waals surface area (Å²) in [5.41, 5.74) is 13.2. The van der Waals surface area contributed by atoms with Gasteiger partial charge in [-0.3, -0.25) is 0 Å². The van der Waals surface area contributed by atoms with Gasteiger partial charge in [-0.1, -0.05) is 97.1 Å². The fourth-order valence-electron chi connectivity index (χ4n) is 7.30. The van der Waals surface area contributed by atoms with Crippen LogP contribution in [0.5, 0.6) is 0 Å². The number of para-hydroxylation sites is 2. The van der Waals surface area contributed by atoms with Gasteiger partial charge in [0.2, 0.25) is 0 Å². The van der Waals surface area contributed by atoms with Gasteiger partial charge in [0.15, 0.2) is 0 Å². The van der Waals surface area contributed by atoms with E-state index >= 15 is 0 Å². The quantitative estimate of drug-likeness (QED) is 0.216. The molecule has 0 unspecified atom stereocenters. The van der Waals surface area contributed by atoms with Crippen LogP contribution < -0.4 is 0 Å². The van der Waals surface area contributed by atoms with Crippen LogP contribution in [-0.2, 0) is 0 Å². The molecule has 194 valence electrons. The topological polar surface area (TPSA) is 18.1 Å². The van der Waals surface area contributed by atoms with Crippen molar-refractivity contribution in [1.82, 2.24) is 4.57 Å². The number of hydrogen-bond donors (Lipinski definition) is 0. The van der Waals surface area contributed by atoms with Crippen molar-refractivity contribution in [3.63, 3.8) is 0 Å². The SMILES string of the molecule is c1ccc2c(c1)-c1cccc3c1c-2cc1c2ccccc2n(-c2ccc(-c4ccc5oc6ccccc6c5c4)cc2)c31. The lowest BCUT2D eigenvalue weighted by molar-refractivity contribution is 0.669. The monoisotopic (exact) mass is 533 g/mol. The zero-order chi connectivity index (χ0) is 27.4. The van der Waals surface area contributed by atoms with E-state index in [1.54, 1.807) is 0 Å². The first-order chi connectivity index (χ1) is 20.8. The van der Waals surface area contributed by atoms with Crippen molar-refractivity contribution in [2.75, 3.05) is 0 Å². The average Bonchev–Trinajstić information content (AvgIpc) is 3.70. The van der Waals surface area contributed by atoms with E-state index in [0.717, 1.165) is 27.6 Å². The lowest BCUT2D eigenvalue weighted by atomic mass is 9.99. The Morgan fingerprint density at radius 2 is 1.07 bits per heavy atom. The normalized spacial score (nSPS) is 12.3. The maximum Gasteiger partial charge on any atom is 0.135 e. The Morgan fingerprint density at radius 3 is 1.95 bits per heavy atom. The Balaban J connectivity index is 1.20. The minimum Gasteiger partial charge on any atom is -0.456 e. The molecule has 0 N–H and O–H groups in total. The summed E-state index contributed by atoms with van der Waals surface area (Å²) in [6, 6.07) is 50.6. The number of fused-ring (bicyclic) bond motifs is 10. The molecule has 0 saturated carbocycles. The van der Waals surface area contributed by atoms with Crippen molar-refractivity contribution in [3.05, 3.63) is 140 Å². The predicted molar refractivity (Wildman–Crippen MR) is 175 cm³/mol. The largest absolute Gasteiger partial charge is 0.456 e. The van der Waals surface area contributed by atoms with Crippen molar-refractivity contribution in [2.45, 2.75) is 0 Å². The van der Waals surface area contributed by atoms with E-state index in [1.165, 1.54) is 66.0 Å². The van der Waals surface area contributed by atoms with Crippen molar-refractivity contribution in [1.29, 1.82) is 0 Å². The van der Waals surface area contributed by atoms with Gasteiger partial charge in [0, 0.05) is 32.6 Å². The summed E-state index contributed by atoms with van der Waals surface area (Å²) in [4.78, 5) is 0. The second-order valence-electron chi connectivity index (χ2n) is 11.3. The third-order valence-electron chi connectivity index (χ3n) is 9.13. The lowest BCUT2D eigenvalue weighted by Crippen LogP contribution is -1.94. The van der Waals surface area contributed by atoms with Crippen molar-refractivity contribution >= 4 is 54.5 Å². The Labute approximate surface area is 241 Å². The third-order valence-corrected chi connectivity index (χ3v) is 9.13. The van der Waals surface area contributed by atoms with Crippen molar-refractivity contribution < 1.29 is 4.42 Å². The van der Waals surface area contributed by atoms with Crippen LogP contribution in [0.2, 0.25) is 0 Å². The summed E-state index contributed by atoms with van der Waals surface area (Å²) in [6.45, 7) is 0. The van der Waals surface area contributed by atoms with Crippen LogP contribution in [0.1, 0.15) is 0 Å². The second kappa shape index (κ2) is 7.99. The van der Waals surface area contributed by atoms with E-state index in [4.69, 9.17) is 4.42 Å². The van der Waals surface area contributed by atoms with Gasteiger partial charge in [-0.15, -0.1) is 0 Å². The first-order valence-electron chi connectivity index (χ1n) is 14.4. The van der Waals surface area contributed by atoms with Crippen LogP contribution in [0.4, 0.5) is 0 Å². The molecule has 0 fully saturated rings. The molecule has 10 rings (SSSR count). The van der Waals surface area contributed by atoms with Crippen LogP contribution in [0.25, 0.3) is 93.6 Å². The van der Waals surface area contributed by atoms with Crippen molar-refractivity contribution in [3.8, 4) is 39.1 Å². The molecule has 0 spiro atoms. The van der Waals surface area contributed by atoms with E-state index in [1.807, 2.05) is 12.1 Å². The van der Waals surface area contributed by atoms with E-state index in [9.17, 15) is 0 Å². The smallest absolute Gasteiger partial charge is 0.135 e. The maximum atomic E-state index is 6.07. The maximum absolute atomic E-state index is 6.07. The Hall–Kier alpha value is -5.60. The molecule has 2 heteroatoms. The number of rotatable bonds is 2. The average molecular weight is 534 g/mol. The summed E-state index contributed by atoms with van der Waals surface area (Å²) in [5.74, 6) is 0. The molecule has 2 nitrogen and oxygen atoms in total. The van der Waals surface area contributed by atoms with E-state index in [-0.39, 0.29) is 0 Å². The molecular formula is C40H23NO. The highest BCUT2D eigenvalue weighted by molar-refractivity contribution is 6.27. The number of aromatic nitrogens is 1. The van der Waals surface area contributed by atoms with E-state index in [0.29, 0.717) is 0 Å². The summed E-state index contributed by atoms with van der Waals surface area (Å²) in [6.07, 6.45) is 0. The van der Waals surface area contributed by atoms with Gasteiger partial charge in [0.25, 0.3) is 0 Å². The predicted octanol–water partition coefficient (Wildman–Crippen LogP) is 11.2. The molecule has 1 aliphatic carbocycles. The van der Waals surface area contributed by atoms with Gasteiger partial charge < -0.3 is 8.98 Å². The highest BCUT2D eigenvalue weighted by Gasteiger charge is 2.25. The Morgan fingerprint density at radius 1 is 0.405 bits per heavy atom. The number of furan rings is 1. The molecule has 0 aliphatic heterocycles. The molecule has 2 aromatic heterocycles. The first kappa shape index (κ1) is 22.1. The summed E-state index contributed by atoms with van der Waals surface area (Å²) >= 11 is 0. The zero-order valence-electron chi connectivity index (χ0n) is 22.6. The second-order valence-corrected chi connectivity index (χ2v) is 11.3. The van der Waals surface area contributed by atoms with Crippen LogP contribution >= 0.6 is 0 Å². The minimum absolute atomic E-state index is 0.923. The molecule has 0 saturated heterocycles. The number of nitrogens with zero attached hydrogens (tertiary/aromatic N) is 1. The third kappa shape index (κ3) is 2.83. The van der Waals surface area contributed by atoms with Gasteiger partial charge in [-0.2, -0.15) is 0 Å². The van der Waals surface area contributed by atoms with Gasteiger partial charge in [0.05, 0.1) is 11.0 Å². The van der Waals surface area contributed by atoms with Crippen LogP contribution in [0.3, 0.4) is 0 Å². The molecular weight excluding hydrogens is 510 g/mol. The van der Waals surface area contributed by atoms with Crippen LogP contribution in [0.15, 0.2) is 144 Å². The van der Waals surface area contributed by atoms with Crippen molar-refractivity contribution in [2.24, 2.45) is 0 Å². The number of benzene rings is 7. The standard InChI is InChI=1S/C40H23NO/c1-2-9-28-27(8-1)31-12-7-13-32-39(31)34(28)23-35-29-10-3-5-14-36(29)41(40(32)35)26-19-16-24(17-20-26)25-18-21-38-33(22-25)30-11-4-6-15-37(30)42-38/h1-23H. The van der Waals surface area contributed by atoms with E-state index in [2.05, 4.69) is 132 Å². The molecule has 0 radical (unpaired) electrons. The highest BCUT2D eigenvalue weighted by Crippen LogP contribution is 2.51. The zero-order valence-corrected chi connectivity index (χ0v) is 22.6.